The van der Waals surface area contributed by atoms with Gasteiger partial charge in [-0.1, -0.05) is 18.2 Å². The number of ether oxygens (including phenoxy) is 1. The fourth-order valence-corrected chi connectivity index (χ4v) is 2.06. The van der Waals surface area contributed by atoms with Crippen LogP contribution in [0.4, 0.5) is 0 Å². The molecule has 4 heteroatoms. The molecule has 0 aliphatic heterocycles. The van der Waals surface area contributed by atoms with E-state index in [9.17, 15) is 4.79 Å². The lowest BCUT2D eigenvalue weighted by atomic mass is 10.0. The number of esters is 1. The summed E-state index contributed by atoms with van der Waals surface area (Å²) in [5, 5.41) is 0. The second kappa shape index (κ2) is 6.77. The van der Waals surface area contributed by atoms with Crippen LogP contribution in [0, 0.1) is 0 Å². The highest BCUT2D eigenvalue weighted by atomic mass is 35.5. The maximum absolute atomic E-state index is 10.7. The van der Waals surface area contributed by atoms with E-state index in [0.29, 0.717) is 24.8 Å². The molecule has 0 unspecified atom stereocenters. The van der Waals surface area contributed by atoms with E-state index in [4.69, 9.17) is 27.9 Å². The van der Waals surface area contributed by atoms with Crippen molar-refractivity contribution in [1.29, 1.82) is 0 Å². The zero-order chi connectivity index (χ0) is 12.0. The number of benzene rings is 1. The van der Waals surface area contributed by atoms with E-state index in [1.807, 2.05) is 18.2 Å². The molecule has 0 bridgehead atoms. The SMILES string of the molecule is CC(=O)OCCc1c(CCl)cccc1CCl. The van der Waals surface area contributed by atoms with E-state index in [-0.39, 0.29) is 5.97 Å². The Kier molecular flexibility index (Phi) is 5.64. The topological polar surface area (TPSA) is 26.3 Å². The van der Waals surface area contributed by atoms with Gasteiger partial charge in [0.15, 0.2) is 0 Å². The van der Waals surface area contributed by atoms with Crippen LogP contribution in [0.2, 0.25) is 0 Å². The van der Waals surface area contributed by atoms with E-state index in [2.05, 4.69) is 0 Å². The van der Waals surface area contributed by atoms with Crippen molar-refractivity contribution in [2.45, 2.75) is 25.1 Å². The van der Waals surface area contributed by atoms with Crippen molar-refractivity contribution in [2.24, 2.45) is 0 Å². The third kappa shape index (κ3) is 3.69. The number of halogens is 2. The Morgan fingerprint density at radius 2 is 1.81 bits per heavy atom. The molecule has 0 aliphatic carbocycles. The first kappa shape index (κ1) is 13.3. The number of alkyl halides is 2. The number of rotatable bonds is 5. The normalized spacial score (nSPS) is 10.2. The van der Waals surface area contributed by atoms with Crippen LogP contribution < -0.4 is 0 Å². The molecule has 88 valence electrons. The lowest BCUT2D eigenvalue weighted by Gasteiger charge is -2.11. The van der Waals surface area contributed by atoms with Gasteiger partial charge in [-0.05, 0) is 16.7 Å². The number of carbonyl (C=O) groups excluding carboxylic acids is 1. The van der Waals surface area contributed by atoms with Gasteiger partial charge in [0.25, 0.3) is 0 Å². The number of carbonyl (C=O) groups is 1. The molecule has 0 amide bonds. The average molecular weight is 261 g/mol. The van der Waals surface area contributed by atoms with Gasteiger partial charge in [-0.25, -0.2) is 0 Å². The van der Waals surface area contributed by atoms with Crippen LogP contribution in [0.5, 0.6) is 0 Å². The molecule has 0 fully saturated rings. The summed E-state index contributed by atoms with van der Waals surface area (Å²) in [5.41, 5.74) is 3.19. The molecule has 0 atom stereocenters. The highest BCUT2D eigenvalue weighted by Crippen LogP contribution is 2.19. The van der Waals surface area contributed by atoms with Crippen molar-refractivity contribution in [2.75, 3.05) is 6.61 Å². The van der Waals surface area contributed by atoms with Gasteiger partial charge in [0.2, 0.25) is 0 Å². The van der Waals surface area contributed by atoms with Gasteiger partial charge in [0, 0.05) is 25.1 Å². The Morgan fingerprint density at radius 3 is 2.25 bits per heavy atom. The van der Waals surface area contributed by atoms with E-state index in [1.165, 1.54) is 6.92 Å². The summed E-state index contributed by atoms with van der Waals surface area (Å²) in [6, 6.07) is 5.86. The van der Waals surface area contributed by atoms with Crippen LogP contribution >= 0.6 is 23.2 Å². The van der Waals surface area contributed by atoms with E-state index in [1.54, 1.807) is 0 Å². The Bertz CT molecular complexity index is 342. The minimum absolute atomic E-state index is 0.268. The molecule has 0 spiro atoms. The molecule has 2 nitrogen and oxygen atoms in total. The minimum Gasteiger partial charge on any atom is -0.466 e. The average Bonchev–Trinajstić information content (AvgIpc) is 2.28. The largest absolute Gasteiger partial charge is 0.466 e. The second-order valence-electron chi connectivity index (χ2n) is 3.41. The Balaban J connectivity index is 2.78. The first-order valence-corrected chi connectivity index (χ1v) is 6.11. The molecule has 16 heavy (non-hydrogen) atoms. The monoisotopic (exact) mass is 260 g/mol. The van der Waals surface area contributed by atoms with Crippen molar-refractivity contribution in [1.82, 2.24) is 0 Å². The highest BCUT2D eigenvalue weighted by Gasteiger charge is 2.07. The van der Waals surface area contributed by atoms with Crippen LogP contribution in [0.25, 0.3) is 0 Å². The molecule has 0 saturated heterocycles. The molecule has 0 radical (unpaired) electrons. The third-order valence-electron chi connectivity index (χ3n) is 2.32. The fourth-order valence-electron chi connectivity index (χ4n) is 1.56. The minimum atomic E-state index is -0.268. The molecular formula is C12H14Cl2O2. The summed E-state index contributed by atoms with van der Waals surface area (Å²) in [6.07, 6.45) is 0.657. The second-order valence-corrected chi connectivity index (χ2v) is 3.95. The van der Waals surface area contributed by atoms with Crippen molar-refractivity contribution in [3.05, 3.63) is 34.9 Å². The highest BCUT2D eigenvalue weighted by molar-refractivity contribution is 6.18. The summed E-state index contributed by atoms with van der Waals surface area (Å²) in [5.74, 6) is 0.621. The molecule has 0 aliphatic rings. The first-order valence-electron chi connectivity index (χ1n) is 5.04. The van der Waals surface area contributed by atoms with Gasteiger partial charge in [0.05, 0.1) is 6.61 Å². The van der Waals surface area contributed by atoms with E-state index < -0.39 is 0 Å². The molecule has 0 saturated carbocycles. The van der Waals surface area contributed by atoms with Gasteiger partial charge in [-0.3, -0.25) is 4.79 Å². The molecule has 0 heterocycles. The van der Waals surface area contributed by atoms with E-state index >= 15 is 0 Å². The van der Waals surface area contributed by atoms with Gasteiger partial charge in [-0.2, -0.15) is 0 Å². The first-order chi connectivity index (χ1) is 7.69. The summed E-state index contributed by atoms with van der Waals surface area (Å²) >= 11 is 11.7. The van der Waals surface area contributed by atoms with Crippen molar-refractivity contribution in [3.8, 4) is 0 Å². The van der Waals surface area contributed by atoms with Crippen LogP contribution in [0.3, 0.4) is 0 Å². The Labute approximate surface area is 106 Å². The lowest BCUT2D eigenvalue weighted by Crippen LogP contribution is -2.06. The molecule has 1 aromatic rings. The van der Waals surface area contributed by atoms with E-state index in [0.717, 1.165) is 16.7 Å². The summed E-state index contributed by atoms with van der Waals surface area (Å²) in [7, 11) is 0. The zero-order valence-electron chi connectivity index (χ0n) is 9.13. The van der Waals surface area contributed by atoms with Crippen molar-refractivity contribution in [3.63, 3.8) is 0 Å². The molecule has 1 rings (SSSR count). The Morgan fingerprint density at radius 1 is 1.25 bits per heavy atom. The van der Waals surface area contributed by atoms with Crippen LogP contribution in [-0.4, -0.2) is 12.6 Å². The van der Waals surface area contributed by atoms with Gasteiger partial charge >= 0.3 is 5.97 Å². The van der Waals surface area contributed by atoms with Crippen LogP contribution in [0.15, 0.2) is 18.2 Å². The maximum atomic E-state index is 10.7. The third-order valence-corrected chi connectivity index (χ3v) is 2.89. The quantitative estimate of drug-likeness (QED) is 0.600. The van der Waals surface area contributed by atoms with Gasteiger partial charge in [-0.15, -0.1) is 23.2 Å². The van der Waals surface area contributed by atoms with Gasteiger partial charge in [0.1, 0.15) is 0 Å². The lowest BCUT2D eigenvalue weighted by molar-refractivity contribution is -0.140. The summed E-state index contributed by atoms with van der Waals surface area (Å²) in [6.45, 7) is 1.77. The van der Waals surface area contributed by atoms with Crippen LogP contribution in [-0.2, 0) is 27.7 Å². The predicted molar refractivity (Wildman–Crippen MR) is 65.9 cm³/mol. The summed E-state index contributed by atoms with van der Waals surface area (Å²) in [4.78, 5) is 10.7. The fraction of sp³-hybridized carbons (Fsp3) is 0.417. The molecule has 0 aromatic heterocycles. The summed E-state index contributed by atoms with van der Waals surface area (Å²) < 4.78 is 4.92. The standard InChI is InChI=1S/C12H14Cl2O2/c1-9(15)16-6-5-12-10(7-13)3-2-4-11(12)8-14/h2-4H,5-8H2,1H3. The smallest absolute Gasteiger partial charge is 0.302 e. The van der Waals surface area contributed by atoms with Crippen molar-refractivity contribution >= 4 is 29.2 Å². The maximum Gasteiger partial charge on any atom is 0.302 e. The molecule has 0 N–H and O–H groups in total. The van der Waals surface area contributed by atoms with Gasteiger partial charge < -0.3 is 4.74 Å². The molecular weight excluding hydrogens is 247 g/mol. The zero-order valence-corrected chi connectivity index (χ0v) is 10.6. The van der Waals surface area contributed by atoms with Crippen molar-refractivity contribution < 1.29 is 9.53 Å². The van der Waals surface area contributed by atoms with Crippen LogP contribution in [0.1, 0.15) is 23.6 Å². The number of hydrogen-bond acceptors (Lipinski definition) is 2. The molecule has 1 aromatic carbocycles. The Hall–Kier alpha value is -0.730. The number of hydrogen-bond donors (Lipinski definition) is 0. The predicted octanol–water partition coefficient (Wildman–Crippen LogP) is 3.27.